The van der Waals surface area contributed by atoms with Gasteiger partial charge in [-0.05, 0) is 62.5 Å². The Hall–Kier alpha value is -2.78. The molecule has 1 saturated heterocycles. The van der Waals surface area contributed by atoms with Crippen LogP contribution < -0.4 is 10.8 Å². The molecule has 9 nitrogen and oxygen atoms in total. The zero-order valence-electron chi connectivity index (χ0n) is 22.2. The van der Waals surface area contributed by atoms with E-state index in [0.717, 1.165) is 50.5 Å². The minimum absolute atomic E-state index is 0.0132. The van der Waals surface area contributed by atoms with Gasteiger partial charge < -0.3 is 15.0 Å². The molecular formula is C28H42N4O5. The highest BCUT2D eigenvalue weighted by Gasteiger charge is 2.32. The van der Waals surface area contributed by atoms with Crippen LogP contribution in [0.3, 0.4) is 0 Å². The lowest BCUT2D eigenvalue weighted by atomic mass is 9.94. The first kappa shape index (κ1) is 28.8. The maximum absolute atomic E-state index is 13.7. The molecule has 2 aliphatic heterocycles. The molecule has 0 aliphatic carbocycles. The van der Waals surface area contributed by atoms with Crippen molar-refractivity contribution in [2.75, 3.05) is 13.2 Å². The third kappa shape index (κ3) is 9.89. The van der Waals surface area contributed by atoms with Crippen molar-refractivity contribution >= 4 is 17.7 Å². The van der Waals surface area contributed by atoms with E-state index in [2.05, 4.69) is 27.9 Å². The van der Waals surface area contributed by atoms with Crippen molar-refractivity contribution in [3.8, 4) is 0 Å². The monoisotopic (exact) mass is 514 g/mol. The maximum atomic E-state index is 13.7. The molecule has 3 heterocycles. The fourth-order valence-electron chi connectivity index (χ4n) is 4.61. The number of ether oxygens (including phenoxy) is 1. The first-order chi connectivity index (χ1) is 17.9. The molecule has 204 valence electrons. The Morgan fingerprint density at radius 3 is 2.70 bits per heavy atom. The summed E-state index contributed by atoms with van der Waals surface area (Å²) >= 11 is 0. The van der Waals surface area contributed by atoms with Crippen molar-refractivity contribution in [1.82, 2.24) is 20.7 Å². The zero-order chi connectivity index (χ0) is 26.5. The Bertz CT molecular complexity index is 886. The number of hydroxylamine groups is 1. The summed E-state index contributed by atoms with van der Waals surface area (Å²) < 4.78 is 5.49. The number of hydrogen-bond acceptors (Lipinski definition) is 6. The molecule has 0 bridgehead atoms. The van der Waals surface area contributed by atoms with Gasteiger partial charge in [0, 0.05) is 50.8 Å². The number of pyridine rings is 1. The van der Waals surface area contributed by atoms with Gasteiger partial charge in [-0.3, -0.25) is 19.4 Å². The van der Waals surface area contributed by atoms with Crippen LogP contribution in [0.1, 0.15) is 77.2 Å². The lowest BCUT2D eigenvalue weighted by Gasteiger charge is -2.31. The van der Waals surface area contributed by atoms with Gasteiger partial charge in [0.05, 0.1) is 0 Å². The number of carbonyl (C=O) groups is 3. The smallest absolute Gasteiger partial charge is 0.245 e. The van der Waals surface area contributed by atoms with Crippen LogP contribution in [0.2, 0.25) is 0 Å². The van der Waals surface area contributed by atoms with Crippen LogP contribution >= 0.6 is 0 Å². The molecule has 1 fully saturated rings. The molecular weight excluding hydrogens is 472 g/mol. The second kappa shape index (κ2) is 15.5. The molecule has 0 spiro atoms. The molecule has 0 aromatic carbocycles. The highest BCUT2D eigenvalue weighted by atomic mass is 16.8. The molecule has 2 N–H and O–H groups in total. The summed E-state index contributed by atoms with van der Waals surface area (Å²) in [5.41, 5.74) is 3.41. The van der Waals surface area contributed by atoms with E-state index >= 15 is 0 Å². The molecule has 3 atom stereocenters. The first-order valence-corrected chi connectivity index (χ1v) is 13.6. The molecule has 3 amide bonds. The second-order valence-electron chi connectivity index (χ2n) is 10.2. The molecule has 1 aromatic rings. The molecule has 9 heteroatoms. The molecule has 0 radical (unpaired) electrons. The van der Waals surface area contributed by atoms with Gasteiger partial charge in [0.15, 0.2) is 6.29 Å². The molecule has 1 unspecified atom stereocenters. The third-order valence-corrected chi connectivity index (χ3v) is 6.77. The van der Waals surface area contributed by atoms with Crippen molar-refractivity contribution in [2.24, 2.45) is 11.8 Å². The number of allylic oxidation sites excluding steroid dienone is 2. The quantitative estimate of drug-likeness (QED) is 0.425. The minimum Gasteiger partial charge on any atom is -0.350 e. The Kier molecular flexibility index (Phi) is 12.0. The molecule has 1 aromatic heterocycles. The summed E-state index contributed by atoms with van der Waals surface area (Å²) in [5, 5.41) is 2.99. The van der Waals surface area contributed by atoms with Crippen LogP contribution in [0.25, 0.3) is 0 Å². The highest BCUT2D eigenvalue weighted by Crippen LogP contribution is 2.19. The zero-order valence-corrected chi connectivity index (χ0v) is 22.2. The number of rotatable bonds is 7. The Morgan fingerprint density at radius 2 is 2.00 bits per heavy atom. The number of hydrogen-bond donors (Lipinski definition) is 2. The third-order valence-electron chi connectivity index (χ3n) is 6.77. The van der Waals surface area contributed by atoms with Crippen molar-refractivity contribution < 1.29 is 24.0 Å². The standard InChI is InChI=1S/C28H42N4O5/c1-21(2)26-28(35)32(20-22-12-11-15-29-19-22)16-9-6-4-3-5-7-13-23(27(34)30-26)18-24(33)31-37-25-14-8-10-17-36-25/h3-4,11-12,15,19,21,23,25-26H,5-10,13-14,16-18,20H2,1-2H3,(H,30,34)(H,31,33)/t23-,25?,26+/m1/s1. The van der Waals surface area contributed by atoms with Crippen molar-refractivity contribution in [3.05, 3.63) is 42.2 Å². The van der Waals surface area contributed by atoms with Crippen LogP contribution in [-0.2, 0) is 30.5 Å². The second-order valence-corrected chi connectivity index (χ2v) is 10.2. The van der Waals surface area contributed by atoms with Crippen LogP contribution in [0.15, 0.2) is 36.7 Å². The highest BCUT2D eigenvalue weighted by molar-refractivity contribution is 5.90. The summed E-state index contributed by atoms with van der Waals surface area (Å²) in [5.74, 6) is -1.43. The first-order valence-electron chi connectivity index (χ1n) is 13.6. The van der Waals surface area contributed by atoms with Gasteiger partial charge in [0.1, 0.15) is 6.04 Å². The largest absolute Gasteiger partial charge is 0.350 e. The van der Waals surface area contributed by atoms with E-state index in [9.17, 15) is 14.4 Å². The Morgan fingerprint density at radius 1 is 1.19 bits per heavy atom. The fraction of sp³-hybridized carbons (Fsp3) is 0.643. The van der Waals surface area contributed by atoms with E-state index in [0.29, 0.717) is 26.1 Å². The predicted molar refractivity (Wildman–Crippen MR) is 140 cm³/mol. The van der Waals surface area contributed by atoms with Crippen molar-refractivity contribution in [2.45, 2.75) is 90.5 Å². The summed E-state index contributed by atoms with van der Waals surface area (Å²) in [6.45, 7) is 5.49. The van der Waals surface area contributed by atoms with Gasteiger partial charge in [-0.2, -0.15) is 0 Å². The number of nitrogens with one attached hydrogen (secondary N) is 2. The maximum Gasteiger partial charge on any atom is 0.245 e. The Balaban J connectivity index is 1.70. The summed E-state index contributed by atoms with van der Waals surface area (Å²) in [4.78, 5) is 51.1. The van der Waals surface area contributed by atoms with Gasteiger partial charge >= 0.3 is 0 Å². The van der Waals surface area contributed by atoms with E-state index in [-0.39, 0.29) is 30.1 Å². The number of aromatic nitrogens is 1. The van der Waals surface area contributed by atoms with E-state index < -0.39 is 18.2 Å². The van der Waals surface area contributed by atoms with Crippen LogP contribution in [0, 0.1) is 11.8 Å². The number of nitrogens with zero attached hydrogens (tertiary/aromatic N) is 2. The van der Waals surface area contributed by atoms with Crippen LogP contribution in [-0.4, -0.2) is 53.1 Å². The van der Waals surface area contributed by atoms with E-state index in [1.165, 1.54) is 0 Å². The molecule has 3 rings (SSSR count). The van der Waals surface area contributed by atoms with Gasteiger partial charge in [0.2, 0.25) is 17.7 Å². The fourth-order valence-corrected chi connectivity index (χ4v) is 4.61. The lowest BCUT2D eigenvalue weighted by Crippen LogP contribution is -2.52. The van der Waals surface area contributed by atoms with Crippen molar-refractivity contribution in [1.29, 1.82) is 0 Å². The van der Waals surface area contributed by atoms with Gasteiger partial charge in [-0.15, -0.1) is 0 Å². The topological polar surface area (TPSA) is 110 Å². The lowest BCUT2D eigenvalue weighted by molar-refractivity contribution is -0.200. The minimum atomic E-state index is -0.680. The Labute approximate surface area is 220 Å². The van der Waals surface area contributed by atoms with Gasteiger partial charge in [-0.1, -0.05) is 32.1 Å². The molecule has 2 aliphatic rings. The average molecular weight is 515 g/mol. The van der Waals surface area contributed by atoms with E-state index in [1.807, 2.05) is 26.0 Å². The summed E-state index contributed by atoms with van der Waals surface area (Å²) in [6.07, 6.45) is 13.8. The predicted octanol–water partition coefficient (Wildman–Crippen LogP) is 3.65. The van der Waals surface area contributed by atoms with E-state index in [4.69, 9.17) is 9.57 Å². The molecule has 37 heavy (non-hydrogen) atoms. The molecule has 0 saturated carbocycles. The number of carbonyl (C=O) groups excluding carboxylic acids is 3. The SMILES string of the molecule is CC(C)[C@@H]1NC(=O)[C@@H](CC(=O)NOC2CCCCO2)CCCC=CCCCN(Cc2cccnc2)C1=O. The van der Waals surface area contributed by atoms with Gasteiger partial charge in [0.25, 0.3) is 0 Å². The summed E-state index contributed by atoms with van der Waals surface area (Å²) in [6, 6.07) is 3.12. The van der Waals surface area contributed by atoms with E-state index in [1.54, 1.807) is 17.3 Å². The van der Waals surface area contributed by atoms with Gasteiger partial charge in [-0.25, -0.2) is 10.3 Å². The number of amides is 3. The average Bonchev–Trinajstić information content (AvgIpc) is 2.90. The van der Waals surface area contributed by atoms with Crippen molar-refractivity contribution in [3.63, 3.8) is 0 Å². The van der Waals surface area contributed by atoms with Crippen LogP contribution in [0.5, 0.6) is 0 Å². The van der Waals surface area contributed by atoms with Crippen LogP contribution in [0.4, 0.5) is 0 Å². The normalized spacial score (nSPS) is 24.4. The summed E-state index contributed by atoms with van der Waals surface area (Å²) in [7, 11) is 0.